The Morgan fingerprint density at radius 2 is 1.34 bits per heavy atom. The standard InChI is InChI=1S/C18H31NO7S2.ClH/c20-8-17(24)15(22)6-19(7-16(23)18(25)9-21)3-4-26-14-2-1-12(10-27)13(5-14)11-28;/h1-2,5,15-18,20-25,27-28H,3-4,6-11H2;1H/t15-,16-,17+,18+;/m0./s1. The van der Waals surface area contributed by atoms with Gasteiger partial charge in [0.05, 0.1) is 25.4 Å². The molecular weight excluding hydrogens is 442 g/mol. The Balaban J connectivity index is 0.00000784. The summed E-state index contributed by atoms with van der Waals surface area (Å²) in [6.45, 7) is -0.818. The molecule has 29 heavy (non-hydrogen) atoms. The first-order valence-corrected chi connectivity index (χ1v) is 10.2. The highest BCUT2D eigenvalue weighted by atomic mass is 35.5. The molecule has 0 unspecified atom stereocenters. The number of halogens is 1. The van der Waals surface area contributed by atoms with Crippen LogP contribution >= 0.6 is 37.7 Å². The number of benzene rings is 1. The average molecular weight is 474 g/mol. The first-order chi connectivity index (χ1) is 13.4. The van der Waals surface area contributed by atoms with Crippen molar-refractivity contribution >= 4 is 37.7 Å². The summed E-state index contributed by atoms with van der Waals surface area (Å²) in [6.07, 6.45) is -5.13. The number of hydrogen-bond acceptors (Lipinski definition) is 10. The van der Waals surface area contributed by atoms with Crippen molar-refractivity contribution in [3.05, 3.63) is 29.3 Å². The van der Waals surface area contributed by atoms with Crippen LogP contribution in [0.2, 0.25) is 0 Å². The molecule has 4 atom stereocenters. The molecule has 0 bridgehead atoms. The van der Waals surface area contributed by atoms with Crippen molar-refractivity contribution in [3.63, 3.8) is 0 Å². The minimum Gasteiger partial charge on any atom is -0.492 e. The van der Waals surface area contributed by atoms with Crippen LogP contribution in [0.1, 0.15) is 11.1 Å². The van der Waals surface area contributed by atoms with Gasteiger partial charge in [-0.3, -0.25) is 4.90 Å². The number of aliphatic hydroxyl groups excluding tert-OH is 6. The second kappa shape index (κ2) is 15.5. The largest absolute Gasteiger partial charge is 0.492 e. The first kappa shape index (κ1) is 28.7. The highest BCUT2D eigenvalue weighted by Gasteiger charge is 2.23. The molecule has 0 aliphatic rings. The molecule has 0 saturated heterocycles. The van der Waals surface area contributed by atoms with E-state index in [0.717, 1.165) is 11.1 Å². The monoisotopic (exact) mass is 473 g/mol. The maximum Gasteiger partial charge on any atom is 0.119 e. The number of ether oxygens (including phenoxy) is 1. The Labute approximate surface area is 188 Å². The predicted octanol–water partition coefficient (Wildman–Crippen LogP) is -0.923. The van der Waals surface area contributed by atoms with Gasteiger partial charge in [-0.25, -0.2) is 0 Å². The number of nitrogens with zero attached hydrogens (tertiary/aromatic N) is 1. The topological polar surface area (TPSA) is 134 Å². The molecule has 8 nitrogen and oxygen atoms in total. The molecule has 170 valence electrons. The molecule has 1 aromatic rings. The molecule has 0 heterocycles. The lowest BCUT2D eigenvalue weighted by Crippen LogP contribution is -2.47. The molecule has 0 saturated carbocycles. The van der Waals surface area contributed by atoms with Gasteiger partial charge in [0, 0.05) is 31.1 Å². The molecule has 0 aliphatic heterocycles. The van der Waals surface area contributed by atoms with Crippen molar-refractivity contribution in [3.8, 4) is 5.75 Å². The number of thiol groups is 2. The third kappa shape index (κ3) is 10.1. The van der Waals surface area contributed by atoms with Crippen molar-refractivity contribution in [2.75, 3.05) is 39.5 Å². The van der Waals surface area contributed by atoms with Crippen LogP contribution in [0.15, 0.2) is 18.2 Å². The van der Waals surface area contributed by atoms with Gasteiger partial charge in [0.1, 0.15) is 24.6 Å². The van der Waals surface area contributed by atoms with Crippen molar-refractivity contribution in [2.45, 2.75) is 35.9 Å². The second-order valence-electron chi connectivity index (χ2n) is 6.49. The summed E-state index contributed by atoms with van der Waals surface area (Å²) in [5.74, 6) is 1.79. The van der Waals surface area contributed by atoms with Crippen molar-refractivity contribution < 1.29 is 35.4 Å². The number of aliphatic hydroxyl groups is 6. The van der Waals surface area contributed by atoms with Crippen LogP contribution in [0.5, 0.6) is 5.75 Å². The molecule has 1 aromatic carbocycles. The molecule has 0 spiro atoms. The normalized spacial score (nSPS) is 15.5. The van der Waals surface area contributed by atoms with Gasteiger partial charge >= 0.3 is 0 Å². The fraction of sp³-hybridized carbons (Fsp3) is 0.667. The number of hydrogen-bond donors (Lipinski definition) is 8. The average Bonchev–Trinajstić information content (AvgIpc) is 2.71. The van der Waals surface area contributed by atoms with E-state index in [-0.39, 0.29) is 38.6 Å². The van der Waals surface area contributed by atoms with E-state index in [2.05, 4.69) is 25.3 Å². The minimum atomic E-state index is -1.32. The summed E-state index contributed by atoms with van der Waals surface area (Å²) < 4.78 is 5.73. The molecule has 0 fully saturated rings. The molecule has 6 N–H and O–H groups in total. The van der Waals surface area contributed by atoms with Gasteiger partial charge in [-0.05, 0) is 23.3 Å². The van der Waals surface area contributed by atoms with Crippen LogP contribution in [0.3, 0.4) is 0 Å². The minimum absolute atomic E-state index is 0. The first-order valence-electron chi connectivity index (χ1n) is 8.98. The SMILES string of the molecule is Cl.OC[C@@H](O)[C@@H](O)CN(CCOc1ccc(CS)c(CS)c1)C[C@H](O)[C@H](O)CO. The summed E-state index contributed by atoms with van der Waals surface area (Å²) >= 11 is 8.57. The van der Waals surface area contributed by atoms with E-state index >= 15 is 0 Å². The highest BCUT2D eigenvalue weighted by molar-refractivity contribution is 7.79. The highest BCUT2D eigenvalue weighted by Crippen LogP contribution is 2.21. The van der Waals surface area contributed by atoms with Crippen LogP contribution in [0.25, 0.3) is 0 Å². The lowest BCUT2D eigenvalue weighted by Gasteiger charge is -2.29. The van der Waals surface area contributed by atoms with Gasteiger partial charge in [0.2, 0.25) is 0 Å². The second-order valence-corrected chi connectivity index (χ2v) is 7.12. The van der Waals surface area contributed by atoms with Crippen LogP contribution in [0.4, 0.5) is 0 Å². The van der Waals surface area contributed by atoms with Gasteiger partial charge in [-0.1, -0.05) is 6.07 Å². The van der Waals surface area contributed by atoms with Gasteiger partial charge in [-0.2, -0.15) is 25.3 Å². The molecule has 0 radical (unpaired) electrons. The summed E-state index contributed by atoms with van der Waals surface area (Å²) in [4.78, 5) is 1.58. The van der Waals surface area contributed by atoms with Gasteiger partial charge in [0.15, 0.2) is 0 Å². The Morgan fingerprint density at radius 3 is 1.79 bits per heavy atom. The van der Waals surface area contributed by atoms with E-state index in [0.29, 0.717) is 17.3 Å². The van der Waals surface area contributed by atoms with Crippen molar-refractivity contribution in [1.82, 2.24) is 4.90 Å². The fourth-order valence-electron chi connectivity index (χ4n) is 2.56. The predicted molar refractivity (Wildman–Crippen MR) is 119 cm³/mol. The summed E-state index contributed by atoms with van der Waals surface area (Å²) in [7, 11) is 0. The molecule has 1 rings (SSSR count). The van der Waals surface area contributed by atoms with Gasteiger partial charge in [0.25, 0.3) is 0 Å². The van der Waals surface area contributed by atoms with Crippen LogP contribution < -0.4 is 4.74 Å². The van der Waals surface area contributed by atoms with Crippen LogP contribution in [-0.4, -0.2) is 99.4 Å². The zero-order chi connectivity index (χ0) is 21.1. The van der Waals surface area contributed by atoms with Gasteiger partial charge in [-0.15, -0.1) is 12.4 Å². The Morgan fingerprint density at radius 1 is 0.828 bits per heavy atom. The summed E-state index contributed by atoms with van der Waals surface area (Å²) in [5, 5.41) is 56.9. The molecule has 11 heteroatoms. The van der Waals surface area contributed by atoms with Crippen molar-refractivity contribution in [1.29, 1.82) is 0 Å². The lowest BCUT2D eigenvalue weighted by molar-refractivity contribution is -0.0551. The maximum absolute atomic E-state index is 9.94. The van der Waals surface area contributed by atoms with Crippen molar-refractivity contribution in [2.24, 2.45) is 0 Å². The molecular formula is C18H32ClNO7S2. The lowest BCUT2D eigenvalue weighted by atomic mass is 10.1. The Kier molecular flexibility index (Phi) is 15.4. The van der Waals surface area contributed by atoms with E-state index in [1.165, 1.54) is 0 Å². The third-order valence-corrected chi connectivity index (χ3v) is 5.03. The fourth-order valence-corrected chi connectivity index (χ4v) is 3.16. The zero-order valence-corrected chi connectivity index (χ0v) is 18.6. The van der Waals surface area contributed by atoms with E-state index in [1.807, 2.05) is 18.2 Å². The third-order valence-electron chi connectivity index (χ3n) is 4.35. The molecule has 0 aromatic heterocycles. The maximum atomic E-state index is 9.94. The van der Waals surface area contributed by atoms with Crippen LogP contribution in [0, 0.1) is 0 Å². The smallest absolute Gasteiger partial charge is 0.119 e. The number of rotatable bonds is 14. The Bertz CT molecular complexity index is 555. The summed E-state index contributed by atoms with van der Waals surface area (Å²) in [6, 6.07) is 5.60. The summed E-state index contributed by atoms with van der Waals surface area (Å²) in [5.41, 5.74) is 2.07. The van der Waals surface area contributed by atoms with E-state index in [1.54, 1.807) is 4.90 Å². The zero-order valence-electron chi connectivity index (χ0n) is 16.0. The van der Waals surface area contributed by atoms with E-state index in [9.17, 15) is 20.4 Å². The Hall–Kier alpha value is -0.270. The quantitative estimate of drug-likeness (QED) is 0.163. The van der Waals surface area contributed by atoms with E-state index in [4.69, 9.17) is 14.9 Å². The molecule has 0 amide bonds. The van der Waals surface area contributed by atoms with Gasteiger partial charge < -0.3 is 35.4 Å². The molecule has 0 aliphatic carbocycles. The van der Waals surface area contributed by atoms with Crippen LogP contribution in [-0.2, 0) is 11.5 Å². The van der Waals surface area contributed by atoms with E-state index < -0.39 is 37.6 Å².